The van der Waals surface area contributed by atoms with Gasteiger partial charge in [-0.1, -0.05) is 61.6 Å². The first kappa shape index (κ1) is 21.4. The molecule has 29 heavy (non-hydrogen) atoms. The Bertz CT molecular complexity index is 936. The van der Waals surface area contributed by atoms with E-state index in [1.807, 2.05) is 62.4 Å². The maximum Gasteiger partial charge on any atom is 0.270 e. The third-order valence-electron chi connectivity index (χ3n) is 4.22. The molecule has 0 aromatic heterocycles. The van der Waals surface area contributed by atoms with Crippen LogP contribution in [0.15, 0.2) is 47.4 Å². The molecule has 0 aliphatic carbocycles. The third-order valence-corrected chi connectivity index (χ3v) is 5.53. The molecular formula is C23H25NO3S2. The second kappa shape index (κ2) is 9.46. The molecule has 4 nitrogen and oxygen atoms in total. The van der Waals surface area contributed by atoms with Crippen molar-refractivity contribution in [1.82, 2.24) is 0 Å². The number of thiocarbonyl (C=S) groups is 1. The highest BCUT2D eigenvalue weighted by Gasteiger charge is 2.33. The van der Waals surface area contributed by atoms with Crippen LogP contribution in [0.2, 0.25) is 0 Å². The van der Waals surface area contributed by atoms with Crippen molar-refractivity contribution in [3.05, 3.63) is 58.5 Å². The number of hydrogen-bond donors (Lipinski definition) is 0. The summed E-state index contributed by atoms with van der Waals surface area (Å²) in [4.78, 5) is 15.1. The van der Waals surface area contributed by atoms with E-state index in [1.165, 1.54) is 11.8 Å². The van der Waals surface area contributed by atoms with Crippen LogP contribution in [0.4, 0.5) is 5.69 Å². The number of hydrogen-bond acceptors (Lipinski definition) is 5. The summed E-state index contributed by atoms with van der Waals surface area (Å²) in [6, 6.07) is 13.5. The molecule has 1 amide bonds. The lowest BCUT2D eigenvalue weighted by Crippen LogP contribution is -2.27. The third kappa shape index (κ3) is 5.19. The Kier molecular flexibility index (Phi) is 6.98. The number of carbonyl (C=O) groups excluding carboxylic acids is 1. The Hall–Kier alpha value is -2.31. The summed E-state index contributed by atoms with van der Waals surface area (Å²) in [5.74, 6) is 1.70. The lowest BCUT2D eigenvalue weighted by Gasteiger charge is -2.15. The molecule has 2 aromatic rings. The zero-order valence-corrected chi connectivity index (χ0v) is 18.7. The smallest absolute Gasteiger partial charge is 0.270 e. The summed E-state index contributed by atoms with van der Waals surface area (Å²) < 4.78 is 12.1. The van der Waals surface area contributed by atoms with E-state index in [0.29, 0.717) is 39.9 Å². The van der Waals surface area contributed by atoms with Crippen LogP contribution in [0.1, 0.15) is 31.9 Å². The van der Waals surface area contributed by atoms with Crippen molar-refractivity contribution in [2.24, 2.45) is 5.92 Å². The maximum atomic E-state index is 13.0. The van der Waals surface area contributed by atoms with Crippen molar-refractivity contribution in [1.29, 1.82) is 0 Å². The van der Waals surface area contributed by atoms with Gasteiger partial charge < -0.3 is 9.47 Å². The van der Waals surface area contributed by atoms with E-state index in [9.17, 15) is 4.79 Å². The predicted molar refractivity (Wildman–Crippen MR) is 125 cm³/mol. The number of amides is 1. The number of benzene rings is 2. The van der Waals surface area contributed by atoms with Crippen molar-refractivity contribution in [2.75, 3.05) is 18.1 Å². The minimum atomic E-state index is -0.109. The van der Waals surface area contributed by atoms with Crippen molar-refractivity contribution in [3.63, 3.8) is 0 Å². The van der Waals surface area contributed by atoms with Gasteiger partial charge >= 0.3 is 0 Å². The largest absolute Gasteiger partial charge is 0.490 e. The molecule has 3 rings (SSSR count). The molecule has 6 heteroatoms. The normalized spacial score (nSPS) is 15.5. The number of rotatable bonds is 7. The second-order valence-corrected chi connectivity index (χ2v) is 8.87. The number of nitrogens with zero attached hydrogens (tertiary/aromatic N) is 1. The summed E-state index contributed by atoms with van der Waals surface area (Å²) in [7, 11) is 0. The van der Waals surface area contributed by atoms with Gasteiger partial charge in [0.2, 0.25) is 0 Å². The van der Waals surface area contributed by atoms with Gasteiger partial charge in [-0.25, -0.2) is 0 Å². The van der Waals surface area contributed by atoms with E-state index in [4.69, 9.17) is 21.7 Å². The molecule has 1 aliphatic heterocycles. The Morgan fingerprint density at radius 3 is 2.48 bits per heavy atom. The molecule has 0 spiro atoms. The van der Waals surface area contributed by atoms with Crippen LogP contribution in [0.3, 0.4) is 0 Å². The summed E-state index contributed by atoms with van der Waals surface area (Å²) in [6.45, 7) is 9.31. The fraction of sp³-hybridized carbons (Fsp3) is 0.304. The predicted octanol–water partition coefficient (Wildman–Crippen LogP) is 5.83. The topological polar surface area (TPSA) is 38.8 Å². The summed E-state index contributed by atoms with van der Waals surface area (Å²) in [5.41, 5.74) is 2.79. The van der Waals surface area contributed by atoms with Gasteiger partial charge in [-0.15, -0.1) is 0 Å². The van der Waals surface area contributed by atoms with E-state index in [2.05, 4.69) is 13.8 Å². The Balaban J connectivity index is 1.85. The number of thioether (sulfide) groups is 1. The van der Waals surface area contributed by atoms with Crippen molar-refractivity contribution in [2.45, 2.75) is 27.7 Å². The quantitative estimate of drug-likeness (QED) is 0.410. The molecule has 1 heterocycles. The Morgan fingerprint density at radius 1 is 1.10 bits per heavy atom. The molecule has 2 aromatic carbocycles. The van der Waals surface area contributed by atoms with E-state index in [0.717, 1.165) is 16.8 Å². The molecule has 0 N–H and O–H groups in total. The molecule has 0 radical (unpaired) electrons. The molecule has 1 fully saturated rings. The molecule has 0 unspecified atom stereocenters. The van der Waals surface area contributed by atoms with E-state index in [-0.39, 0.29) is 5.91 Å². The van der Waals surface area contributed by atoms with Crippen LogP contribution in [-0.4, -0.2) is 23.4 Å². The number of aryl methyl sites for hydroxylation is 1. The Morgan fingerprint density at radius 2 is 1.83 bits per heavy atom. The lowest BCUT2D eigenvalue weighted by atomic mass is 10.1. The second-order valence-electron chi connectivity index (χ2n) is 7.20. The number of ether oxygens (including phenoxy) is 2. The zero-order valence-electron chi connectivity index (χ0n) is 17.1. The monoisotopic (exact) mass is 427 g/mol. The minimum Gasteiger partial charge on any atom is -0.490 e. The summed E-state index contributed by atoms with van der Waals surface area (Å²) >= 11 is 6.77. The van der Waals surface area contributed by atoms with Crippen molar-refractivity contribution < 1.29 is 14.3 Å². The maximum absolute atomic E-state index is 13.0. The average molecular weight is 428 g/mol. The standard InChI is InChI=1S/C23H25NO3S2/c1-5-26-20-12-17(8-11-19(20)27-14-15(2)3)13-21-22(25)24(23(28)29-21)18-9-6-16(4)7-10-18/h6-13,15H,5,14H2,1-4H3/b21-13+. The lowest BCUT2D eigenvalue weighted by molar-refractivity contribution is -0.113. The van der Waals surface area contributed by atoms with Gasteiger partial charge in [-0.3, -0.25) is 9.69 Å². The molecule has 0 bridgehead atoms. The van der Waals surface area contributed by atoms with Crippen molar-refractivity contribution >= 4 is 46.0 Å². The molecule has 1 aliphatic rings. The van der Waals surface area contributed by atoms with Crippen LogP contribution >= 0.6 is 24.0 Å². The Labute approximate surface area is 181 Å². The first-order chi connectivity index (χ1) is 13.9. The van der Waals surface area contributed by atoms with E-state index >= 15 is 0 Å². The van der Waals surface area contributed by atoms with E-state index < -0.39 is 0 Å². The number of carbonyl (C=O) groups is 1. The van der Waals surface area contributed by atoms with E-state index in [1.54, 1.807) is 4.90 Å². The molecule has 0 saturated carbocycles. The highest BCUT2D eigenvalue weighted by atomic mass is 32.2. The van der Waals surface area contributed by atoms with Crippen LogP contribution in [-0.2, 0) is 4.79 Å². The SMILES string of the molecule is CCOc1cc(/C=C2/SC(=S)N(c3ccc(C)cc3)C2=O)ccc1OCC(C)C. The van der Waals surface area contributed by atoms with Gasteiger partial charge in [0.1, 0.15) is 0 Å². The van der Waals surface area contributed by atoms with Gasteiger partial charge in [-0.2, -0.15) is 0 Å². The fourth-order valence-corrected chi connectivity index (χ4v) is 4.09. The molecule has 1 saturated heterocycles. The minimum absolute atomic E-state index is 0.109. The van der Waals surface area contributed by atoms with Gasteiger partial charge in [0.05, 0.1) is 23.8 Å². The highest BCUT2D eigenvalue weighted by Crippen LogP contribution is 2.37. The van der Waals surface area contributed by atoms with Crippen LogP contribution in [0, 0.1) is 12.8 Å². The van der Waals surface area contributed by atoms with Crippen LogP contribution in [0.5, 0.6) is 11.5 Å². The first-order valence-electron chi connectivity index (χ1n) is 9.63. The summed E-state index contributed by atoms with van der Waals surface area (Å²) in [5, 5.41) is 0. The van der Waals surface area contributed by atoms with Crippen LogP contribution in [0.25, 0.3) is 6.08 Å². The molecular weight excluding hydrogens is 402 g/mol. The number of anilines is 1. The van der Waals surface area contributed by atoms with Gasteiger partial charge in [0, 0.05) is 0 Å². The first-order valence-corrected chi connectivity index (χ1v) is 10.9. The highest BCUT2D eigenvalue weighted by molar-refractivity contribution is 8.27. The van der Waals surface area contributed by atoms with Crippen LogP contribution < -0.4 is 14.4 Å². The van der Waals surface area contributed by atoms with Gasteiger partial charge in [0.25, 0.3) is 5.91 Å². The van der Waals surface area contributed by atoms with Gasteiger partial charge in [-0.05, 0) is 55.7 Å². The molecule has 0 atom stereocenters. The van der Waals surface area contributed by atoms with Gasteiger partial charge in [0.15, 0.2) is 15.8 Å². The average Bonchev–Trinajstić information content (AvgIpc) is 2.95. The zero-order chi connectivity index (χ0) is 21.0. The van der Waals surface area contributed by atoms with Crippen molar-refractivity contribution in [3.8, 4) is 11.5 Å². The summed E-state index contributed by atoms with van der Waals surface area (Å²) in [6.07, 6.45) is 1.85. The molecule has 152 valence electrons. The fourth-order valence-electron chi connectivity index (χ4n) is 2.79.